The maximum Gasteiger partial charge on any atom is 0.277 e. The van der Waals surface area contributed by atoms with Gasteiger partial charge >= 0.3 is 0 Å². The molecule has 0 saturated heterocycles. The molecule has 1 N–H and O–H groups in total. The van der Waals surface area contributed by atoms with Crippen molar-refractivity contribution < 1.29 is 9.53 Å². The summed E-state index contributed by atoms with van der Waals surface area (Å²) in [6.45, 7) is 6.33. The number of anilines is 1. The van der Waals surface area contributed by atoms with Gasteiger partial charge in [-0.05, 0) is 26.3 Å². The Bertz CT molecular complexity index is 658. The zero-order valence-electron chi connectivity index (χ0n) is 12.1. The highest BCUT2D eigenvalue weighted by atomic mass is 35.5. The number of halogens is 1. The van der Waals surface area contributed by atoms with E-state index in [1.54, 1.807) is 12.1 Å². The summed E-state index contributed by atoms with van der Waals surface area (Å²) in [4.78, 5) is 21.8. The van der Waals surface area contributed by atoms with E-state index in [0.717, 1.165) is 17.0 Å². The van der Waals surface area contributed by atoms with Gasteiger partial charge in [-0.25, -0.2) is 9.97 Å². The Morgan fingerprint density at radius 1 is 1.38 bits per heavy atom. The lowest BCUT2D eigenvalue weighted by Gasteiger charge is -2.06. The molecule has 0 aromatic carbocycles. The molecule has 2 aromatic heterocycles. The normalized spacial score (nSPS) is 10.5. The van der Waals surface area contributed by atoms with Gasteiger partial charge in [0.1, 0.15) is 0 Å². The van der Waals surface area contributed by atoms with Crippen LogP contribution >= 0.6 is 22.9 Å². The smallest absolute Gasteiger partial charge is 0.277 e. The maximum absolute atomic E-state index is 12.3. The minimum absolute atomic E-state index is 0.133. The number of nitrogens with one attached hydrogen (secondary N) is 1. The Morgan fingerprint density at radius 2 is 2.14 bits per heavy atom. The minimum Gasteiger partial charge on any atom is -0.478 e. The van der Waals surface area contributed by atoms with Crippen LogP contribution in [0.5, 0.6) is 5.88 Å². The first-order valence-electron chi connectivity index (χ1n) is 6.62. The van der Waals surface area contributed by atoms with Gasteiger partial charge in [-0.3, -0.25) is 10.1 Å². The molecule has 112 valence electrons. The number of amides is 1. The van der Waals surface area contributed by atoms with Crippen molar-refractivity contribution in [1.29, 1.82) is 0 Å². The first-order valence-corrected chi connectivity index (χ1v) is 7.81. The fourth-order valence-electron chi connectivity index (χ4n) is 1.78. The van der Waals surface area contributed by atoms with Crippen LogP contribution in [0.1, 0.15) is 34.9 Å². The lowest BCUT2D eigenvalue weighted by Crippen LogP contribution is -2.14. The number of carbonyl (C=O) groups is 1. The zero-order chi connectivity index (χ0) is 15.4. The second-order valence-corrected chi connectivity index (χ2v) is 5.85. The molecular weight excluding hydrogens is 310 g/mol. The molecule has 0 unspecified atom stereocenters. The first kappa shape index (κ1) is 15.7. The summed E-state index contributed by atoms with van der Waals surface area (Å²) >= 11 is 7.46. The predicted octanol–water partition coefficient (Wildman–Crippen LogP) is 3.71. The average Bonchev–Trinajstić information content (AvgIpc) is 2.81. The first-order chi connectivity index (χ1) is 10.0. The lowest BCUT2D eigenvalue weighted by molar-refractivity contribution is 0.102. The van der Waals surface area contributed by atoms with Crippen molar-refractivity contribution >= 4 is 34.0 Å². The second-order valence-electron chi connectivity index (χ2n) is 4.24. The van der Waals surface area contributed by atoms with E-state index in [9.17, 15) is 4.79 Å². The zero-order valence-corrected chi connectivity index (χ0v) is 13.6. The van der Waals surface area contributed by atoms with Gasteiger partial charge in [0.15, 0.2) is 10.8 Å². The van der Waals surface area contributed by atoms with E-state index in [2.05, 4.69) is 15.3 Å². The number of hydrogen-bond acceptors (Lipinski definition) is 5. The van der Waals surface area contributed by atoms with Crippen molar-refractivity contribution in [3.05, 3.63) is 33.4 Å². The highest BCUT2D eigenvalue weighted by Gasteiger charge is 2.16. The van der Waals surface area contributed by atoms with Crippen LogP contribution in [0.4, 0.5) is 5.13 Å². The second kappa shape index (κ2) is 6.87. The molecule has 21 heavy (non-hydrogen) atoms. The van der Waals surface area contributed by atoms with Gasteiger partial charge in [-0.1, -0.05) is 18.5 Å². The van der Waals surface area contributed by atoms with E-state index in [4.69, 9.17) is 16.3 Å². The number of rotatable bonds is 5. The molecule has 0 radical (unpaired) electrons. The number of aromatic nitrogens is 2. The van der Waals surface area contributed by atoms with Crippen molar-refractivity contribution in [1.82, 2.24) is 9.97 Å². The third kappa shape index (κ3) is 3.71. The van der Waals surface area contributed by atoms with Gasteiger partial charge in [0.25, 0.3) is 5.91 Å². The standard InChI is InChI=1S/C14H16ClN3O2S/c1-4-10-8(3)21-14(16-10)18-13(19)12-9(15)6-7-11(17-12)20-5-2/h6-7H,4-5H2,1-3H3,(H,16,18,19). The van der Waals surface area contributed by atoms with Crippen molar-refractivity contribution in [3.63, 3.8) is 0 Å². The van der Waals surface area contributed by atoms with Crippen molar-refractivity contribution in [2.24, 2.45) is 0 Å². The minimum atomic E-state index is -0.391. The van der Waals surface area contributed by atoms with Crippen LogP contribution in [-0.4, -0.2) is 22.5 Å². The van der Waals surface area contributed by atoms with Crippen LogP contribution in [0.3, 0.4) is 0 Å². The topological polar surface area (TPSA) is 64.1 Å². The Labute approximate surface area is 132 Å². The monoisotopic (exact) mass is 325 g/mol. The largest absolute Gasteiger partial charge is 0.478 e. The van der Waals surface area contributed by atoms with E-state index < -0.39 is 5.91 Å². The quantitative estimate of drug-likeness (QED) is 0.910. The molecule has 2 aromatic rings. The number of aryl methyl sites for hydroxylation is 2. The number of ether oxygens (including phenoxy) is 1. The summed E-state index contributed by atoms with van der Waals surface area (Å²) in [5.74, 6) is -0.0189. The molecule has 0 fully saturated rings. The van der Waals surface area contributed by atoms with E-state index in [1.807, 2.05) is 20.8 Å². The maximum atomic E-state index is 12.3. The summed E-state index contributed by atoms with van der Waals surface area (Å²) in [5, 5.41) is 3.56. The molecule has 0 saturated carbocycles. The Kier molecular flexibility index (Phi) is 5.14. The number of hydrogen-bond donors (Lipinski definition) is 1. The highest BCUT2D eigenvalue weighted by molar-refractivity contribution is 7.15. The molecule has 5 nitrogen and oxygen atoms in total. The third-order valence-corrected chi connectivity index (χ3v) is 4.01. The van der Waals surface area contributed by atoms with E-state index in [1.165, 1.54) is 11.3 Å². The fourth-order valence-corrected chi connectivity index (χ4v) is 2.87. The Balaban J connectivity index is 2.21. The molecule has 0 bridgehead atoms. The SMILES string of the molecule is CCOc1ccc(Cl)c(C(=O)Nc2nc(CC)c(C)s2)n1. The van der Waals surface area contributed by atoms with Crippen molar-refractivity contribution in [2.75, 3.05) is 11.9 Å². The van der Waals surface area contributed by atoms with Crippen molar-refractivity contribution in [3.8, 4) is 5.88 Å². The summed E-state index contributed by atoms with van der Waals surface area (Å²) < 4.78 is 5.28. The van der Waals surface area contributed by atoms with Crippen LogP contribution in [0.15, 0.2) is 12.1 Å². The summed E-state index contributed by atoms with van der Waals surface area (Å²) in [6.07, 6.45) is 0.830. The number of pyridine rings is 1. The average molecular weight is 326 g/mol. The van der Waals surface area contributed by atoms with Gasteiger partial charge in [-0.2, -0.15) is 0 Å². The van der Waals surface area contributed by atoms with Crippen LogP contribution in [0, 0.1) is 6.92 Å². The van der Waals surface area contributed by atoms with Gasteiger partial charge in [0.05, 0.1) is 17.3 Å². The van der Waals surface area contributed by atoms with Gasteiger partial charge in [0.2, 0.25) is 5.88 Å². The summed E-state index contributed by atoms with van der Waals surface area (Å²) in [5.41, 5.74) is 1.12. The predicted molar refractivity (Wildman–Crippen MR) is 84.6 cm³/mol. The lowest BCUT2D eigenvalue weighted by atomic mass is 10.3. The van der Waals surface area contributed by atoms with E-state index in [0.29, 0.717) is 17.6 Å². The van der Waals surface area contributed by atoms with E-state index in [-0.39, 0.29) is 10.7 Å². The van der Waals surface area contributed by atoms with Crippen molar-refractivity contribution in [2.45, 2.75) is 27.2 Å². The number of thiazole rings is 1. The van der Waals surface area contributed by atoms with E-state index >= 15 is 0 Å². The summed E-state index contributed by atoms with van der Waals surface area (Å²) in [7, 11) is 0. The van der Waals surface area contributed by atoms with Crippen LogP contribution in [0.25, 0.3) is 0 Å². The molecule has 0 atom stereocenters. The molecule has 1 amide bonds. The molecular formula is C14H16ClN3O2S. The molecule has 2 rings (SSSR count). The molecule has 0 aliphatic heterocycles. The molecule has 0 aliphatic carbocycles. The van der Waals surface area contributed by atoms with Crippen LogP contribution in [0.2, 0.25) is 5.02 Å². The van der Waals surface area contributed by atoms with Gasteiger partial charge in [-0.15, -0.1) is 11.3 Å². The van der Waals surface area contributed by atoms with Crippen LogP contribution in [-0.2, 0) is 6.42 Å². The van der Waals surface area contributed by atoms with Gasteiger partial charge in [0, 0.05) is 10.9 Å². The Morgan fingerprint density at radius 3 is 2.76 bits per heavy atom. The third-order valence-electron chi connectivity index (χ3n) is 2.78. The molecule has 2 heterocycles. The molecule has 7 heteroatoms. The molecule has 0 spiro atoms. The number of nitrogens with zero attached hydrogens (tertiary/aromatic N) is 2. The van der Waals surface area contributed by atoms with Gasteiger partial charge < -0.3 is 4.74 Å². The number of carbonyl (C=O) groups excluding carboxylic acids is 1. The van der Waals surface area contributed by atoms with Crippen LogP contribution < -0.4 is 10.1 Å². The molecule has 0 aliphatic rings. The Hall–Kier alpha value is -1.66. The summed E-state index contributed by atoms with van der Waals surface area (Å²) in [6, 6.07) is 3.23. The fraction of sp³-hybridized carbons (Fsp3) is 0.357. The highest BCUT2D eigenvalue weighted by Crippen LogP contribution is 2.24.